The third-order valence-corrected chi connectivity index (χ3v) is 3.39. The van der Waals surface area contributed by atoms with Gasteiger partial charge >= 0.3 is 0 Å². The predicted molar refractivity (Wildman–Crippen MR) is 85.7 cm³/mol. The van der Waals surface area contributed by atoms with Gasteiger partial charge < -0.3 is 5.43 Å². The van der Waals surface area contributed by atoms with Gasteiger partial charge in [-0.15, -0.1) is 0 Å². The highest BCUT2D eigenvalue weighted by atomic mass is 15.3. The number of fused-ring (bicyclic) bond motifs is 1. The molecule has 0 aliphatic carbocycles. The normalized spacial score (nSPS) is 10.6. The second-order valence-corrected chi connectivity index (χ2v) is 4.81. The molecule has 0 amide bonds. The van der Waals surface area contributed by atoms with Crippen LogP contribution in [0.5, 0.6) is 0 Å². The summed E-state index contributed by atoms with van der Waals surface area (Å²) in [6, 6.07) is 25.2. The highest BCUT2D eigenvalue weighted by molar-refractivity contribution is 5.93. The number of hydrogen-bond donors (Lipinski definition) is 2. The second-order valence-electron chi connectivity index (χ2n) is 4.81. The van der Waals surface area contributed by atoms with E-state index in [1.807, 2.05) is 6.07 Å². The van der Waals surface area contributed by atoms with Crippen LogP contribution < -0.4 is 10.9 Å². The molecule has 0 atom stereocenters. The third kappa shape index (κ3) is 2.98. The average molecular weight is 262 g/mol. The van der Waals surface area contributed by atoms with Crippen LogP contribution >= 0.6 is 0 Å². The fourth-order valence-electron chi connectivity index (χ4n) is 2.34. The quantitative estimate of drug-likeness (QED) is 0.536. The van der Waals surface area contributed by atoms with Gasteiger partial charge in [0.1, 0.15) is 0 Å². The summed E-state index contributed by atoms with van der Waals surface area (Å²) < 4.78 is 0. The molecule has 3 aromatic carbocycles. The fraction of sp³-hybridized carbons (Fsp3) is 0.111. The lowest BCUT2D eigenvalue weighted by molar-refractivity contribution is 0.780. The van der Waals surface area contributed by atoms with E-state index < -0.39 is 0 Å². The maximum absolute atomic E-state index is 3.31. The molecule has 3 rings (SSSR count). The fourth-order valence-corrected chi connectivity index (χ4v) is 2.34. The molecular weight excluding hydrogens is 244 g/mol. The van der Waals surface area contributed by atoms with Gasteiger partial charge in [-0.3, -0.25) is 0 Å². The molecule has 0 heterocycles. The van der Waals surface area contributed by atoms with Gasteiger partial charge in [-0.25, -0.2) is 5.43 Å². The number of rotatable bonds is 5. The molecule has 3 aromatic rings. The van der Waals surface area contributed by atoms with Crippen molar-refractivity contribution in [2.75, 3.05) is 12.0 Å². The summed E-state index contributed by atoms with van der Waals surface area (Å²) in [6.07, 6.45) is 1.01. The molecule has 0 aromatic heterocycles. The predicted octanol–water partition coefficient (Wildman–Crippen LogP) is 4.00. The zero-order valence-electron chi connectivity index (χ0n) is 11.3. The van der Waals surface area contributed by atoms with E-state index >= 15 is 0 Å². The molecule has 0 saturated heterocycles. The molecule has 100 valence electrons. The number of nitrogens with one attached hydrogen (secondary N) is 2. The van der Waals surface area contributed by atoms with E-state index in [9.17, 15) is 0 Å². The van der Waals surface area contributed by atoms with Crippen molar-refractivity contribution >= 4 is 16.5 Å². The van der Waals surface area contributed by atoms with E-state index in [1.54, 1.807) is 0 Å². The van der Waals surface area contributed by atoms with Crippen molar-refractivity contribution in [3.63, 3.8) is 0 Å². The molecule has 20 heavy (non-hydrogen) atoms. The lowest BCUT2D eigenvalue weighted by Gasteiger charge is -2.11. The molecule has 0 aliphatic rings. The molecule has 0 saturated carbocycles. The highest BCUT2D eigenvalue weighted by Gasteiger charge is 1.98. The first-order valence-corrected chi connectivity index (χ1v) is 6.94. The molecule has 2 N–H and O–H groups in total. The Balaban J connectivity index is 1.60. The molecule has 0 spiro atoms. The van der Waals surface area contributed by atoms with Crippen molar-refractivity contribution in [1.82, 2.24) is 5.43 Å². The summed E-state index contributed by atoms with van der Waals surface area (Å²) in [5, 5.41) is 2.49. The van der Waals surface area contributed by atoms with Crippen molar-refractivity contribution < 1.29 is 0 Å². The van der Waals surface area contributed by atoms with E-state index in [0.717, 1.165) is 18.7 Å². The van der Waals surface area contributed by atoms with Gasteiger partial charge in [-0.2, -0.15) is 0 Å². The summed E-state index contributed by atoms with van der Waals surface area (Å²) in [5.74, 6) is 0. The van der Waals surface area contributed by atoms with E-state index in [0.29, 0.717) is 0 Å². The van der Waals surface area contributed by atoms with Gasteiger partial charge in [0, 0.05) is 11.9 Å². The van der Waals surface area contributed by atoms with Crippen molar-refractivity contribution in [1.29, 1.82) is 0 Å². The lowest BCUT2D eigenvalue weighted by Crippen LogP contribution is -2.24. The van der Waals surface area contributed by atoms with Crippen LogP contribution in [0.25, 0.3) is 10.8 Å². The summed E-state index contributed by atoms with van der Waals surface area (Å²) in [5.41, 5.74) is 9.07. The first kappa shape index (κ1) is 12.7. The van der Waals surface area contributed by atoms with E-state index in [4.69, 9.17) is 0 Å². The smallest absolute Gasteiger partial charge is 0.0565 e. The van der Waals surface area contributed by atoms with Crippen LogP contribution in [-0.2, 0) is 6.42 Å². The number of benzene rings is 3. The van der Waals surface area contributed by atoms with Crippen LogP contribution in [0.1, 0.15) is 5.56 Å². The van der Waals surface area contributed by atoms with Gasteiger partial charge in [0.05, 0.1) is 5.69 Å². The highest BCUT2D eigenvalue weighted by Crippen LogP contribution is 2.21. The van der Waals surface area contributed by atoms with E-state index in [2.05, 4.69) is 77.6 Å². The summed E-state index contributed by atoms with van der Waals surface area (Å²) in [6.45, 7) is 0.896. The summed E-state index contributed by atoms with van der Waals surface area (Å²) >= 11 is 0. The van der Waals surface area contributed by atoms with E-state index in [-0.39, 0.29) is 0 Å². The molecule has 0 aliphatic heterocycles. The van der Waals surface area contributed by atoms with Crippen LogP contribution in [0.3, 0.4) is 0 Å². The summed E-state index contributed by atoms with van der Waals surface area (Å²) in [7, 11) is 0. The van der Waals surface area contributed by atoms with E-state index in [1.165, 1.54) is 16.3 Å². The van der Waals surface area contributed by atoms with Crippen LogP contribution in [-0.4, -0.2) is 6.54 Å². The first-order valence-electron chi connectivity index (χ1n) is 6.94. The van der Waals surface area contributed by atoms with Crippen molar-refractivity contribution in [2.45, 2.75) is 6.42 Å². The zero-order valence-corrected chi connectivity index (χ0v) is 11.3. The van der Waals surface area contributed by atoms with Gasteiger partial charge in [-0.05, 0) is 23.4 Å². The van der Waals surface area contributed by atoms with Crippen LogP contribution in [0.2, 0.25) is 0 Å². The molecule has 0 fully saturated rings. The maximum Gasteiger partial charge on any atom is 0.0565 e. The average Bonchev–Trinajstić information content (AvgIpc) is 2.53. The standard InChI is InChI=1S/C18H18N2/c1-2-7-15(8-3-1)13-14-19-20-18-12-6-10-16-9-4-5-11-17(16)18/h1-12,19-20H,13-14H2. The largest absolute Gasteiger partial charge is 0.321 e. The maximum atomic E-state index is 3.31. The van der Waals surface area contributed by atoms with Gasteiger partial charge in [0.25, 0.3) is 0 Å². The first-order chi connectivity index (χ1) is 9.93. The third-order valence-electron chi connectivity index (χ3n) is 3.39. The molecule has 0 unspecified atom stereocenters. The Morgan fingerprint density at radius 2 is 1.45 bits per heavy atom. The minimum Gasteiger partial charge on any atom is -0.321 e. The Morgan fingerprint density at radius 3 is 2.35 bits per heavy atom. The monoisotopic (exact) mass is 262 g/mol. The Bertz CT molecular complexity index is 672. The molecule has 2 nitrogen and oxygen atoms in total. The molecular formula is C18H18N2. The Morgan fingerprint density at radius 1 is 0.700 bits per heavy atom. The lowest BCUT2D eigenvalue weighted by atomic mass is 10.1. The molecule has 0 radical (unpaired) electrons. The molecule has 0 bridgehead atoms. The van der Waals surface area contributed by atoms with Crippen molar-refractivity contribution in [3.05, 3.63) is 78.4 Å². The van der Waals surface area contributed by atoms with Crippen LogP contribution in [0.15, 0.2) is 72.8 Å². The second kappa shape index (κ2) is 6.22. The Hall–Kier alpha value is -2.32. The van der Waals surface area contributed by atoms with Crippen molar-refractivity contribution in [2.24, 2.45) is 0 Å². The number of anilines is 1. The molecule has 2 heteroatoms. The minimum absolute atomic E-state index is 0.896. The Kier molecular flexibility index (Phi) is 3.95. The zero-order chi connectivity index (χ0) is 13.6. The van der Waals surface area contributed by atoms with Crippen LogP contribution in [0, 0.1) is 0 Å². The van der Waals surface area contributed by atoms with Crippen molar-refractivity contribution in [3.8, 4) is 0 Å². The number of hydrazine groups is 1. The summed E-state index contributed by atoms with van der Waals surface area (Å²) in [4.78, 5) is 0. The van der Waals surface area contributed by atoms with Gasteiger partial charge in [0.2, 0.25) is 0 Å². The Labute approximate surface area is 119 Å². The van der Waals surface area contributed by atoms with Gasteiger partial charge in [-0.1, -0.05) is 66.7 Å². The topological polar surface area (TPSA) is 24.1 Å². The van der Waals surface area contributed by atoms with Gasteiger partial charge in [0.15, 0.2) is 0 Å². The van der Waals surface area contributed by atoms with Crippen LogP contribution in [0.4, 0.5) is 5.69 Å². The number of hydrogen-bond acceptors (Lipinski definition) is 2. The minimum atomic E-state index is 0.896. The SMILES string of the molecule is c1ccc(CCNNc2cccc3ccccc23)cc1.